The molecule has 4 aromatic rings. The van der Waals surface area contributed by atoms with Gasteiger partial charge in [0.15, 0.2) is 40.9 Å². The summed E-state index contributed by atoms with van der Waals surface area (Å²) in [7, 11) is 0. The Morgan fingerprint density at radius 1 is 0.932 bits per heavy atom. The van der Waals surface area contributed by atoms with Crippen molar-refractivity contribution >= 4 is 99.3 Å². The quantitative estimate of drug-likeness (QED) is 0.0348. The fourth-order valence-electron chi connectivity index (χ4n) is 2.67. The number of anilines is 6. The molecule has 0 saturated carbocycles. The predicted molar refractivity (Wildman–Crippen MR) is 175 cm³/mol. The highest BCUT2D eigenvalue weighted by atomic mass is 35.5. The Morgan fingerprint density at radius 2 is 1.55 bits per heavy atom. The molecule has 0 aliphatic rings. The molecule has 0 amide bonds. The lowest BCUT2D eigenvalue weighted by atomic mass is 10.5. The second-order valence-electron chi connectivity index (χ2n) is 7.47. The molecule has 240 valence electrons. The van der Waals surface area contributed by atoms with Crippen LogP contribution in [0.3, 0.4) is 0 Å². The molecule has 0 spiro atoms. The van der Waals surface area contributed by atoms with Crippen LogP contribution in [0.15, 0.2) is 16.3 Å². The first kappa shape index (κ1) is 38.0. The zero-order chi connectivity index (χ0) is 33.2. The smallest absolute Gasteiger partial charge is 0.224 e. The van der Waals surface area contributed by atoms with Gasteiger partial charge in [0.1, 0.15) is 15.5 Å². The fraction of sp³-hybridized carbons (Fsp3) is 0.381. The van der Waals surface area contributed by atoms with Crippen LogP contribution in [-0.2, 0) is 15.4 Å². The first-order chi connectivity index (χ1) is 20.9. The number of aromatic amines is 1. The van der Waals surface area contributed by atoms with E-state index >= 15 is 0 Å². The summed E-state index contributed by atoms with van der Waals surface area (Å²) in [4.78, 5) is 35.5. The van der Waals surface area contributed by atoms with Gasteiger partial charge in [-0.15, -0.1) is 50.1 Å². The topological polar surface area (TPSA) is 323 Å². The van der Waals surface area contributed by atoms with E-state index in [-0.39, 0.29) is 53.0 Å². The van der Waals surface area contributed by atoms with Crippen LogP contribution < -0.4 is 34.4 Å². The molecule has 0 radical (unpaired) electrons. The second-order valence-corrected chi connectivity index (χ2v) is 9.26. The molecule has 13 N–H and O–H groups in total. The van der Waals surface area contributed by atoms with Gasteiger partial charge in [-0.1, -0.05) is 12.2 Å². The molecule has 0 aliphatic carbocycles. The third-order valence-electron chi connectivity index (χ3n) is 4.32. The number of nitrogens with one attached hydrogen (secondary N) is 1. The third-order valence-corrected chi connectivity index (χ3v) is 5.70. The molecule has 0 saturated heterocycles. The summed E-state index contributed by atoms with van der Waals surface area (Å²) >= 11 is 17.0. The van der Waals surface area contributed by atoms with Gasteiger partial charge in [0.2, 0.25) is 17.5 Å². The molecule has 4 aromatic heterocycles. The number of hydrogen-bond acceptors (Lipinski definition) is 20. The number of nitroso groups, excluding NO2 is 1. The molecule has 4 heterocycles. The molecule has 23 heteroatoms. The molecule has 0 aliphatic heterocycles. The van der Waals surface area contributed by atoms with Crippen molar-refractivity contribution < 1.29 is 9.47 Å². The third kappa shape index (κ3) is 13.1. The van der Waals surface area contributed by atoms with Crippen molar-refractivity contribution in [1.29, 1.82) is 0 Å². The second kappa shape index (κ2) is 20.0. The zero-order valence-electron chi connectivity index (χ0n) is 23.8. The minimum atomic E-state index is -0.221. The standard InChI is InChI=1S/C6H6ClN7.C6H13ClO2.C5H7N5OS.C4H6N4S/c7-1-2-10-3-4(8)11-6(9)12-5(3)14-13-2;1-3-8-6(5-7)9-4-2;1-12-4-2(10-11)3(6)8-5(7)9-4;5-2-1-3(9)8-4(6)7-2/h1H2,(H4,8,9,11,12,14);6H,3-5H2,1-2H3;1H3,(H4,6,7,8,9);1H,(H5,5,6,7,8,9). The summed E-state index contributed by atoms with van der Waals surface area (Å²) in [6, 6.07) is 1.53. The number of ether oxygens (including phenoxy) is 2. The van der Waals surface area contributed by atoms with Gasteiger partial charge in [-0.3, -0.25) is 0 Å². The van der Waals surface area contributed by atoms with Gasteiger partial charge in [-0.05, 0) is 25.3 Å². The highest BCUT2D eigenvalue weighted by molar-refractivity contribution is 7.98. The van der Waals surface area contributed by atoms with E-state index in [2.05, 4.69) is 50.3 Å². The Bertz CT molecular complexity index is 1520. The van der Waals surface area contributed by atoms with Crippen LogP contribution >= 0.6 is 47.2 Å². The van der Waals surface area contributed by atoms with Gasteiger partial charge in [0.25, 0.3) is 0 Å². The first-order valence-electron chi connectivity index (χ1n) is 12.1. The van der Waals surface area contributed by atoms with Gasteiger partial charge in [-0.25, -0.2) is 15.0 Å². The van der Waals surface area contributed by atoms with Crippen molar-refractivity contribution in [3.63, 3.8) is 0 Å². The minimum Gasteiger partial charge on any atom is -0.385 e. The monoisotopic (exact) mass is 690 g/mol. The molecule has 0 atom stereocenters. The van der Waals surface area contributed by atoms with E-state index in [1.165, 1.54) is 17.8 Å². The number of alkyl halides is 2. The van der Waals surface area contributed by atoms with Crippen LogP contribution in [0.2, 0.25) is 0 Å². The Morgan fingerprint density at radius 3 is 2.05 bits per heavy atom. The number of aromatic nitrogens is 9. The number of rotatable bonds is 8. The summed E-state index contributed by atoms with van der Waals surface area (Å²) < 4.78 is 10.6. The van der Waals surface area contributed by atoms with Crippen LogP contribution in [0.1, 0.15) is 19.7 Å². The molecule has 0 fully saturated rings. The maximum absolute atomic E-state index is 10.3. The SMILES string of the molecule is CCOC(CCl)OCC.CSc1nc(N)nc(N)c1N=O.Nc1cc(=S)nc(N)[nH]1.Nc1nc(N)c2nc(CCl)nnc2n1. The lowest BCUT2D eigenvalue weighted by Gasteiger charge is -2.12. The summed E-state index contributed by atoms with van der Waals surface area (Å²) in [5.74, 6) is 1.91. The van der Waals surface area contributed by atoms with Crippen molar-refractivity contribution in [1.82, 2.24) is 45.1 Å². The van der Waals surface area contributed by atoms with Crippen LogP contribution in [0.4, 0.5) is 41.0 Å². The molecule has 4 rings (SSSR count). The molecular weight excluding hydrogens is 659 g/mol. The first-order valence-corrected chi connectivity index (χ1v) is 14.8. The minimum absolute atomic E-state index is 0.0156. The number of fused-ring (bicyclic) bond motifs is 1. The van der Waals surface area contributed by atoms with Crippen LogP contribution in [0, 0.1) is 9.55 Å². The molecule has 0 bridgehead atoms. The molecular formula is C21H32Cl2N16O3S2. The Balaban J connectivity index is 0.000000299. The average molecular weight is 692 g/mol. The van der Waals surface area contributed by atoms with Gasteiger partial charge >= 0.3 is 0 Å². The van der Waals surface area contributed by atoms with Crippen LogP contribution in [0.5, 0.6) is 0 Å². The van der Waals surface area contributed by atoms with E-state index in [9.17, 15) is 4.91 Å². The summed E-state index contributed by atoms with van der Waals surface area (Å²) in [6.07, 6.45) is 1.53. The maximum Gasteiger partial charge on any atom is 0.224 e. The van der Waals surface area contributed by atoms with E-state index in [1.54, 1.807) is 6.26 Å². The van der Waals surface area contributed by atoms with Crippen LogP contribution in [0.25, 0.3) is 11.2 Å². The lowest BCUT2D eigenvalue weighted by molar-refractivity contribution is -0.120. The maximum atomic E-state index is 10.3. The Labute approximate surface area is 270 Å². The number of nitrogens with zero attached hydrogens (tertiary/aromatic N) is 9. The number of thioether (sulfide) groups is 1. The van der Waals surface area contributed by atoms with Gasteiger partial charge in [-0.2, -0.15) is 15.0 Å². The van der Waals surface area contributed by atoms with E-state index in [0.717, 1.165) is 0 Å². The Hall–Kier alpha value is -4.02. The van der Waals surface area contributed by atoms with Crippen molar-refractivity contribution in [3.8, 4) is 0 Å². The van der Waals surface area contributed by atoms with Crippen molar-refractivity contribution in [2.24, 2.45) is 5.18 Å². The zero-order valence-corrected chi connectivity index (χ0v) is 26.9. The number of halogens is 2. The van der Waals surface area contributed by atoms with Crippen LogP contribution in [-0.4, -0.2) is 76.7 Å². The highest BCUT2D eigenvalue weighted by Gasteiger charge is 2.10. The average Bonchev–Trinajstić information content (AvgIpc) is 2.96. The van der Waals surface area contributed by atoms with Crippen molar-refractivity contribution in [2.45, 2.75) is 31.0 Å². The summed E-state index contributed by atoms with van der Waals surface area (Å²) in [5, 5.41) is 10.6. The lowest BCUT2D eigenvalue weighted by Crippen LogP contribution is -2.18. The number of nitrogens with two attached hydrogens (primary N) is 6. The fourth-order valence-corrected chi connectivity index (χ4v) is 3.71. The number of H-pyrrole nitrogens is 1. The van der Waals surface area contributed by atoms with Gasteiger partial charge in [0.05, 0.1) is 11.8 Å². The molecule has 19 nitrogen and oxygen atoms in total. The molecule has 44 heavy (non-hydrogen) atoms. The van der Waals surface area contributed by atoms with E-state index in [1.807, 2.05) is 13.8 Å². The molecule has 0 aromatic carbocycles. The van der Waals surface area contributed by atoms with E-state index < -0.39 is 0 Å². The Kier molecular flexibility index (Phi) is 17.3. The van der Waals surface area contributed by atoms with Crippen molar-refractivity contribution in [3.05, 3.63) is 21.4 Å². The normalized spacial score (nSPS) is 10.1. The summed E-state index contributed by atoms with van der Waals surface area (Å²) in [5.41, 5.74) is 32.9. The summed E-state index contributed by atoms with van der Waals surface area (Å²) in [6.45, 7) is 5.13. The largest absolute Gasteiger partial charge is 0.385 e. The number of nitrogen functional groups attached to an aromatic ring is 6. The highest BCUT2D eigenvalue weighted by Crippen LogP contribution is 2.30. The van der Waals surface area contributed by atoms with Gasteiger partial charge < -0.3 is 48.9 Å². The predicted octanol–water partition coefficient (Wildman–Crippen LogP) is 2.41. The van der Waals surface area contributed by atoms with Crippen molar-refractivity contribution in [2.75, 3.05) is 59.8 Å². The number of hydrogen-bond donors (Lipinski definition) is 7. The van der Waals surface area contributed by atoms with E-state index in [0.29, 0.717) is 45.9 Å². The van der Waals surface area contributed by atoms with Gasteiger partial charge in [0, 0.05) is 19.3 Å². The van der Waals surface area contributed by atoms with E-state index in [4.69, 9.17) is 79.3 Å². The molecule has 0 unspecified atom stereocenters.